The van der Waals surface area contributed by atoms with Crippen molar-refractivity contribution >= 4 is 22.8 Å². The Kier molecular flexibility index (Phi) is 5.87. The van der Waals surface area contributed by atoms with Crippen LogP contribution in [0.5, 0.6) is 0 Å². The third-order valence-electron chi connectivity index (χ3n) is 4.94. The van der Waals surface area contributed by atoms with Gasteiger partial charge in [0.25, 0.3) is 0 Å². The molecule has 1 fully saturated rings. The Morgan fingerprint density at radius 1 is 1.17 bits per heavy atom. The van der Waals surface area contributed by atoms with Crippen LogP contribution in [0.15, 0.2) is 48.5 Å². The van der Waals surface area contributed by atoms with Gasteiger partial charge >= 0.3 is 5.97 Å². The molecule has 0 aliphatic carbocycles. The topological polar surface area (TPSA) is 67.3 Å². The van der Waals surface area contributed by atoms with E-state index >= 15 is 0 Å². The summed E-state index contributed by atoms with van der Waals surface area (Å²) in [6.07, 6.45) is 5.73. The molecule has 1 saturated heterocycles. The molecular weight excluding hydrogens is 383 g/mol. The molecule has 6 nitrogen and oxygen atoms in total. The third-order valence-corrected chi connectivity index (χ3v) is 4.94. The Morgan fingerprint density at radius 3 is 2.60 bits per heavy atom. The van der Waals surface area contributed by atoms with E-state index in [-0.39, 0.29) is 6.61 Å². The molecule has 1 atom stereocenters. The van der Waals surface area contributed by atoms with Crippen LogP contribution < -0.4 is 10.2 Å². The number of aromatic nitrogens is 2. The minimum absolute atomic E-state index is 0.0707. The molecule has 4 rings (SSSR count). The van der Waals surface area contributed by atoms with Crippen LogP contribution in [0, 0.1) is 18.2 Å². The van der Waals surface area contributed by atoms with Crippen molar-refractivity contribution < 1.29 is 13.9 Å². The van der Waals surface area contributed by atoms with Crippen molar-refractivity contribution in [2.75, 3.05) is 31.1 Å². The lowest BCUT2D eigenvalue weighted by Gasteiger charge is -2.30. The predicted octanol–water partition coefficient (Wildman–Crippen LogP) is 2.64. The van der Waals surface area contributed by atoms with E-state index in [1.165, 1.54) is 12.1 Å². The van der Waals surface area contributed by atoms with Gasteiger partial charge in [-0.05, 0) is 29.8 Å². The molecule has 0 amide bonds. The van der Waals surface area contributed by atoms with Crippen LogP contribution >= 0.6 is 0 Å². The number of halogens is 1. The van der Waals surface area contributed by atoms with Gasteiger partial charge in [-0.15, -0.1) is 6.42 Å². The number of piperazine rings is 1. The Labute approximate surface area is 174 Å². The normalized spacial score (nSPS) is 14.9. The standard InChI is InChI=1S/C23H21FN4O2/c1-2-18(23(29)30-15-16-6-5-7-17(24)14-16)21-22(28-12-10-25-11-13-28)27-20-9-4-3-8-19(20)26-21/h1,3-9,14,18,25H,10-13,15H2. The number of ether oxygens (including phenoxy) is 1. The molecule has 30 heavy (non-hydrogen) atoms. The summed E-state index contributed by atoms with van der Waals surface area (Å²) in [5, 5.41) is 3.30. The summed E-state index contributed by atoms with van der Waals surface area (Å²) in [5.74, 6) is 1.10. The first-order chi connectivity index (χ1) is 14.7. The van der Waals surface area contributed by atoms with Crippen LogP contribution in [0.25, 0.3) is 11.0 Å². The summed E-state index contributed by atoms with van der Waals surface area (Å²) < 4.78 is 18.8. The first kappa shape index (κ1) is 19.8. The van der Waals surface area contributed by atoms with Gasteiger partial charge in [0.2, 0.25) is 0 Å². The van der Waals surface area contributed by atoms with Crippen LogP contribution in [-0.4, -0.2) is 42.1 Å². The maximum absolute atomic E-state index is 13.4. The Balaban J connectivity index is 1.65. The summed E-state index contributed by atoms with van der Waals surface area (Å²) >= 11 is 0. The molecule has 0 radical (unpaired) electrons. The zero-order chi connectivity index (χ0) is 20.9. The molecule has 0 bridgehead atoms. The minimum Gasteiger partial charge on any atom is -0.460 e. The second kappa shape index (κ2) is 8.89. The molecule has 152 valence electrons. The van der Waals surface area contributed by atoms with Crippen molar-refractivity contribution in [3.8, 4) is 12.3 Å². The van der Waals surface area contributed by atoms with Crippen LogP contribution in [-0.2, 0) is 16.1 Å². The Hall–Kier alpha value is -3.50. The van der Waals surface area contributed by atoms with Gasteiger partial charge in [0.15, 0.2) is 11.7 Å². The van der Waals surface area contributed by atoms with E-state index in [9.17, 15) is 9.18 Å². The average Bonchev–Trinajstić information content (AvgIpc) is 2.78. The van der Waals surface area contributed by atoms with E-state index in [0.717, 1.165) is 31.7 Å². The molecule has 1 aliphatic heterocycles. The van der Waals surface area contributed by atoms with Gasteiger partial charge in [0.1, 0.15) is 18.1 Å². The summed E-state index contributed by atoms with van der Waals surface area (Å²) in [6.45, 7) is 3.00. The lowest BCUT2D eigenvalue weighted by atomic mass is 10.0. The van der Waals surface area contributed by atoms with Gasteiger partial charge in [-0.3, -0.25) is 4.79 Å². The molecule has 2 aromatic carbocycles. The number of fused-ring (bicyclic) bond motifs is 1. The number of hydrogen-bond acceptors (Lipinski definition) is 6. The smallest absolute Gasteiger partial charge is 0.327 e. The molecule has 0 saturated carbocycles. The van der Waals surface area contributed by atoms with E-state index in [0.29, 0.717) is 22.6 Å². The Bertz CT molecular complexity index is 1110. The van der Waals surface area contributed by atoms with Crippen molar-refractivity contribution in [3.63, 3.8) is 0 Å². The molecule has 1 unspecified atom stereocenters. The van der Waals surface area contributed by atoms with Crippen molar-refractivity contribution in [3.05, 3.63) is 65.6 Å². The number of nitrogens with zero attached hydrogens (tertiary/aromatic N) is 3. The van der Waals surface area contributed by atoms with Crippen molar-refractivity contribution in [2.45, 2.75) is 12.5 Å². The molecule has 0 spiro atoms. The first-order valence-corrected chi connectivity index (χ1v) is 9.75. The highest BCUT2D eigenvalue weighted by Crippen LogP contribution is 2.28. The first-order valence-electron chi connectivity index (χ1n) is 9.75. The number of benzene rings is 2. The molecule has 1 aromatic heterocycles. The monoisotopic (exact) mass is 404 g/mol. The number of nitrogens with one attached hydrogen (secondary N) is 1. The van der Waals surface area contributed by atoms with Crippen LogP contribution in [0.2, 0.25) is 0 Å². The van der Waals surface area contributed by atoms with Gasteiger partial charge in [-0.25, -0.2) is 14.4 Å². The van der Waals surface area contributed by atoms with Gasteiger partial charge < -0.3 is 15.0 Å². The molecule has 3 aromatic rings. The highest BCUT2D eigenvalue weighted by atomic mass is 19.1. The van der Waals surface area contributed by atoms with Crippen molar-refractivity contribution in [1.82, 2.24) is 15.3 Å². The highest BCUT2D eigenvalue weighted by molar-refractivity contribution is 5.85. The largest absolute Gasteiger partial charge is 0.460 e. The number of rotatable bonds is 5. The third kappa shape index (κ3) is 4.24. The summed E-state index contributed by atoms with van der Waals surface area (Å²) in [6, 6.07) is 13.4. The number of terminal acetylenes is 1. The number of carbonyl (C=O) groups is 1. The van der Waals surface area contributed by atoms with Crippen LogP contribution in [0.3, 0.4) is 0 Å². The molecular formula is C23H21FN4O2. The lowest BCUT2D eigenvalue weighted by Crippen LogP contribution is -2.44. The summed E-state index contributed by atoms with van der Waals surface area (Å²) in [7, 11) is 0. The van der Waals surface area contributed by atoms with Gasteiger partial charge in [-0.1, -0.05) is 30.2 Å². The highest BCUT2D eigenvalue weighted by Gasteiger charge is 2.29. The van der Waals surface area contributed by atoms with Crippen LogP contribution in [0.1, 0.15) is 17.2 Å². The molecule has 1 aliphatic rings. The summed E-state index contributed by atoms with van der Waals surface area (Å²) in [5.41, 5.74) is 2.34. The van der Waals surface area contributed by atoms with E-state index in [1.54, 1.807) is 12.1 Å². The van der Waals surface area contributed by atoms with Gasteiger partial charge in [0.05, 0.1) is 11.0 Å². The van der Waals surface area contributed by atoms with E-state index < -0.39 is 17.7 Å². The second-order valence-electron chi connectivity index (χ2n) is 7.00. The second-order valence-corrected chi connectivity index (χ2v) is 7.00. The predicted molar refractivity (Wildman–Crippen MR) is 112 cm³/mol. The van der Waals surface area contributed by atoms with Crippen molar-refractivity contribution in [1.29, 1.82) is 0 Å². The number of carbonyl (C=O) groups excluding carboxylic acids is 1. The maximum Gasteiger partial charge on any atom is 0.327 e. The fourth-order valence-corrected chi connectivity index (χ4v) is 3.43. The van der Waals surface area contributed by atoms with Gasteiger partial charge in [-0.2, -0.15) is 0 Å². The zero-order valence-electron chi connectivity index (χ0n) is 16.3. The zero-order valence-corrected chi connectivity index (χ0v) is 16.3. The fourth-order valence-electron chi connectivity index (χ4n) is 3.43. The maximum atomic E-state index is 13.4. The Morgan fingerprint density at radius 2 is 1.90 bits per heavy atom. The van der Waals surface area contributed by atoms with Gasteiger partial charge in [0, 0.05) is 26.2 Å². The SMILES string of the molecule is C#CC(C(=O)OCc1cccc(F)c1)c1nc2ccccc2nc1N1CCNCC1. The fraction of sp³-hybridized carbons (Fsp3) is 0.261. The number of para-hydroxylation sites is 2. The minimum atomic E-state index is -1.01. The van der Waals surface area contributed by atoms with Crippen LogP contribution in [0.4, 0.5) is 10.2 Å². The lowest BCUT2D eigenvalue weighted by molar-refractivity contribution is -0.145. The molecule has 7 heteroatoms. The molecule has 2 heterocycles. The number of anilines is 1. The average molecular weight is 404 g/mol. The molecule has 1 N–H and O–H groups in total. The van der Waals surface area contributed by atoms with E-state index in [4.69, 9.17) is 16.1 Å². The quantitative estimate of drug-likeness (QED) is 0.521. The van der Waals surface area contributed by atoms with E-state index in [2.05, 4.69) is 21.1 Å². The summed E-state index contributed by atoms with van der Waals surface area (Å²) in [4.78, 5) is 24.4. The number of hydrogen-bond donors (Lipinski definition) is 1. The number of esters is 1. The van der Waals surface area contributed by atoms with E-state index in [1.807, 2.05) is 24.3 Å². The van der Waals surface area contributed by atoms with Crippen molar-refractivity contribution in [2.24, 2.45) is 0 Å².